The topological polar surface area (TPSA) is 70.0 Å². The Morgan fingerprint density at radius 2 is 0.600 bits per heavy atom. The van der Waals surface area contributed by atoms with E-state index in [9.17, 15) is 0 Å². The second kappa shape index (κ2) is 48.1. The van der Waals surface area contributed by atoms with Crippen molar-refractivity contribution in [2.75, 3.05) is 0 Å². The van der Waals surface area contributed by atoms with Crippen LogP contribution in [0.5, 0.6) is 0 Å². The first kappa shape index (κ1) is 84.5. The predicted octanol–water partition coefficient (Wildman–Crippen LogP) is 1.48. The molecule has 0 aliphatic rings. The SMILES string of the molecule is Br.Br.N.N.[Pd]. The van der Waals surface area contributed by atoms with Crippen molar-refractivity contribution >= 4 is 34.0 Å². The summed E-state index contributed by atoms with van der Waals surface area (Å²) in [6.07, 6.45) is 0. The molecule has 0 aromatic heterocycles. The van der Waals surface area contributed by atoms with Gasteiger partial charge in [0.15, 0.2) is 0 Å². The van der Waals surface area contributed by atoms with Crippen LogP contribution in [0.1, 0.15) is 0 Å². The van der Waals surface area contributed by atoms with Crippen LogP contribution >= 0.6 is 34.0 Å². The molecule has 0 heterocycles. The molecule has 0 saturated heterocycles. The monoisotopic (exact) mass is 300 g/mol. The fraction of sp³-hybridized carbons (Fsp3) is 0. The average molecular weight is 302 g/mol. The first-order valence-corrected chi connectivity index (χ1v) is 0. The van der Waals surface area contributed by atoms with Crippen molar-refractivity contribution in [3.05, 3.63) is 0 Å². The van der Waals surface area contributed by atoms with Crippen molar-refractivity contribution in [3.63, 3.8) is 0 Å². The van der Waals surface area contributed by atoms with E-state index in [0.29, 0.717) is 0 Å². The van der Waals surface area contributed by atoms with Gasteiger partial charge >= 0.3 is 0 Å². The summed E-state index contributed by atoms with van der Waals surface area (Å²) >= 11 is 0. The van der Waals surface area contributed by atoms with Gasteiger partial charge in [-0.1, -0.05) is 0 Å². The zero-order valence-electron chi connectivity index (χ0n) is 2.55. The van der Waals surface area contributed by atoms with Gasteiger partial charge in [-0.15, -0.1) is 34.0 Å². The largest absolute Gasteiger partial charge is 0.344 e. The molecule has 0 aliphatic heterocycles. The van der Waals surface area contributed by atoms with Crippen LogP contribution in [0.25, 0.3) is 0 Å². The summed E-state index contributed by atoms with van der Waals surface area (Å²) in [4.78, 5) is 0. The van der Waals surface area contributed by atoms with Crippen LogP contribution in [0.2, 0.25) is 0 Å². The van der Waals surface area contributed by atoms with Gasteiger partial charge in [0, 0.05) is 20.4 Å². The summed E-state index contributed by atoms with van der Waals surface area (Å²) in [7, 11) is 0. The van der Waals surface area contributed by atoms with E-state index in [0.717, 1.165) is 0 Å². The van der Waals surface area contributed by atoms with E-state index in [-0.39, 0.29) is 66.7 Å². The van der Waals surface area contributed by atoms with E-state index in [1.54, 1.807) is 0 Å². The van der Waals surface area contributed by atoms with Crippen LogP contribution in [0.15, 0.2) is 0 Å². The Bertz CT molecular complexity index is 7.61. The van der Waals surface area contributed by atoms with E-state index < -0.39 is 0 Å². The van der Waals surface area contributed by atoms with Crippen LogP contribution in [0.4, 0.5) is 0 Å². The molecule has 0 amide bonds. The normalized spacial score (nSPS) is 0. The zero-order valence-corrected chi connectivity index (χ0v) is 7.53. The molecule has 0 aromatic carbocycles. The molecule has 0 rings (SSSR count). The summed E-state index contributed by atoms with van der Waals surface area (Å²) in [5, 5.41) is 0. The third-order valence-corrected chi connectivity index (χ3v) is 0. The van der Waals surface area contributed by atoms with Crippen molar-refractivity contribution in [1.29, 1.82) is 0 Å². The maximum atomic E-state index is 0. The van der Waals surface area contributed by atoms with E-state index in [4.69, 9.17) is 0 Å². The van der Waals surface area contributed by atoms with Crippen molar-refractivity contribution in [2.24, 2.45) is 0 Å². The van der Waals surface area contributed by atoms with E-state index >= 15 is 0 Å². The number of halogens is 2. The van der Waals surface area contributed by atoms with Gasteiger partial charge < -0.3 is 12.3 Å². The molecule has 5 heavy (non-hydrogen) atoms. The average Bonchev–Trinajstić information content (AvgIpc) is 0. The van der Waals surface area contributed by atoms with Gasteiger partial charge in [-0.2, -0.15) is 0 Å². The quantitative estimate of drug-likeness (QED) is 0.665. The van der Waals surface area contributed by atoms with E-state index in [2.05, 4.69) is 0 Å². The Labute approximate surface area is 66.4 Å². The molecule has 0 fully saturated rings. The Morgan fingerprint density at radius 3 is 0.600 bits per heavy atom. The molecule has 2 nitrogen and oxygen atoms in total. The van der Waals surface area contributed by atoms with Crippen LogP contribution < -0.4 is 12.3 Å². The van der Waals surface area contributed by atoms with Gasteiger partial charge in [-0.05, 0) is 0 Å². The number of rotatable bonds is 0. The van der Waals surface area contributed by atoms with Gasteiger partial charge in [0.2, 0.25) is 0 Å². The fourth-order valence-corrected chi connectivity index (χ4v) is 0. The molecule has 0 saturated carbocycles. The molecule has 0 bridgehead atoms. The molecule has 5 heteroatoms. The minimum absolute atomic E-state index is 0. The zero-order chi connectivity index (χ0) is 0. The second-order valence-corrected chi connectivity index (χ2v) is 0. The smallest absolute Gasteiger partial charge is 0 e. The van der Waals surface area contributed by atoms with E-state index in [1.807, 2.05) is 0 Å². The molecular weight excluding hydrogens is 294 g/mol. The molecular formula is H8Br2N2Pd. The molecule has 0 aromatic rings. The van der Waals surface area contributed by atoms with Gasteiger partial charge in [0.1, 0.15) is 0 Å². The Hall–Kier alpha value is 1.54. The molecule has 0 aliphatic carbocycles. The molecule has 0 spiro atoms. The minimum Gasteiger partial charge on any atom is -0.344 e. The first-order chi connectivity index (χ1) is 0. The summed E-state index contributed by atoms with van der Waals surface area (Å²) in [6.45, 7) is 0. The minimum atomic E-state index is 0. The van der Waals surface area contributed by atoms with Crippen LogP contribution in [-0.2, 0) is 20.4 Å². The van der Waals surface area contributed by atoms with Crippen LogP contribution in [-0.4, -0.2) is 0 Å². The summed E-state index contributed by atoms with van der Waals surface area (Å²) in [5.74, 6) is 0. The third kappa shape index (κ3) is 29.2. The summed E-state index contributed by atoms with van der Waals surface area (Å²) < 4.78 is 0. The molecule has 6 N–H and O–H groups in total. The van der Waals surface area contributed by atoms with E-state index in [1.165, 1.54) is 0 Å². The maximum Gasteiger partial charge on any atom is 0 e. The third-order valence-electron chi connectivity index (χ3n) is 0. The molecule has 42 valence electrons. The standard InChI is InChI=1S/2BrH.2H3N.Pd/h2*1H;2*1H3;. The Morgan fingerprint density at radius 1 is 0.600 bits per heavy atom. The Balaban J connectivity index is 0. The van der Waals surface area contributed by atoms with Gasteiger partial charge in [-0.25, -0.2) is 0 Å². The van der Waals surface area contributed by atoms with Crippen LogP contribution in [0.3, 0.4) is 0 Å². The predicted molar refractivity (Wildman–Crippen MR) is 30.7 cm³/mol. The van der Waals surface area contributed by atoms with Crippen molar-refractivity contribution in [2.45, 2.75) is 0 Å². The Kier molecular flexibility index (Phi) is 812. The van der Waals surface area contributed by atoms with Crippen molar-refractivity contribution in [1.82, 2.24) is 12.3 Å². The second-order valence-electron chi connectivity index (χ2n) is 0. The summed E-state index contributed by atoms with van der Waals surface area (Å²) in [5.41, 5.74) is 0. The van der Waals surface area contributed by atoms with Crippen LogP contribution in [0, 0.1) is 0 Å². The fourth-order valence-electron chi connectivity index (χ4n) is 0. The summed E-state index contributed by atoms with van der Waals surface area (Å²) in [6, 6.07) is 0. The first-order valence-electron chi connectivity index (χ1n) is 0. The van der Waals surface area contributed by atoms with Gasteiger partial charge in [0.05, 0.1) is 0 Å². The maximum absolute atomic E-state index is 0. The molecule has 0 atom stereocenters. The van der Waals surface area contributed by atoms with Gasteiger partial charge in [-0.3, -0.25) is 0 Å². The van der Waals surface area contributed by atoms with Crippen molar-refractivity contribution < 1.29 is 20.4 Å². The number of hydrogen-bond acceptors (Lipinski definition) is 2. The van der Waals surface area contributed by atoms with Crippen molar-refractivity contribution in [3.8, 4) is 0 Å². The molecule has 0 radical (unpaired) electrons. The van der Waals surface area contributed by atoms with Gasteiger partial charge in [0.25, 0.3) is 0 Å². The number of hydrogen-bond donors (Lipinski definition) is 2. The molecule has 0 unspecified atom stereocenters.